The second-order valence-electron chi connectivity index (χ2n) is 11.6. The summed E-state index contributed by atoms with van der Waals surface area (Å²) in [7, 11) is 0. The molecule has 0 spiro atoms. The van der Waals surface area contributed by atoms with Crippen LogP contribution in [0.15, 0.2) is 11.6 Å². The van der Waals surface area contributed by atoms with E-state index in [9.17, 15) is 19.8 Å². The number of carbonyl (C=O) groups is 2. The van der Waals surface area contributed by atoms with Crippen LogP contribution in [0, 0.1) is 28.6 Å². The monoisotopic (exact) mass is 507 g/mol. The van der Waals surface area contributed by atoms with Crippen molar-refractivity contribution >= 4 is 39.9 Å². The lowest BCUT2D eigenvalue weighted by atomic mass is 9.45. The van der Waals surface area contributed by atoms with Crippen molar-refractivity contribution in [2.24, 2.45) is 28.6 Å². The van der Waals surface area contributed by atoms with Crippen molar-refractivity contribution in [3.63, 3.8) is 0 Å². The molecule has 188 valence electrons. The van der Waals surface area contributed by atoms with Gasteiger partial charge in [0.2, 0.25) is 0 Å². The van der Waals surface area contributed by atoms with Gasteiger partial charge >= 0.3 is 0 Å². The Hall–Kier alpha value is -0.800. The average Bonchev–Trinajstić information content (AvgIpc) is 3.09. The summed E-state index contributed by atoms with van der Waals surface area (Å²) in [6.07, 6.45) is 6.05. The van der Waals surface area contributed by atoms with Crippen LogP contribution in [0.1, 0.15) is 58.8 Å². The Balaban J connectivity index is 1.34. The first-order valence-corrected chi connectivity index (χ1v) is 14.2. The Morgan fingerprint density at radius 3 is 2.71 bits per heavy atom. The van der Waals surface area contributed by atoms with Gasteiger partial charge < -0.3 is 19.8 Å². The molecule has 1 saturated heterocycles. The predicted molar refractivity (Wildman–Crippen MR) is 136 cm³/mol. The largest absolute Gasteiger partial charge is 0.393 e. The minimum absolute atomic E-state index is 0.0828. The minimum Gasteiger partial charge on any atom is -0.393 e. The van der Waals surface area contributed by atoms with E-state index < -0.39 is 17.1 Å². The number of rotatable bonds is 3. The van der Waals surface area contributed by atoms with Crippen LogP contribution >= 0.6 is 24.0 Å². The van der Waals surface area contributed by atoms with Crippen LogP contribution in [0.3, 0.4) is 0 Å². The van der Waals surface area contributed by atoms with Gasteiger partial charge in [-0.3, -0.25) is 9.59 Å². The second kappa shape index (κ2) is 8.94. The standard InChI is InChI=1S/C26H37NO5S2/c1-24-7-5-17(28)13-16(24)3-4-18-19-6-8-26(31,25(19,2)14-20(29)22(18)24)21(30)15-34-23(33)27-9-11-32-12-10-27/h13,18-20,22,29,31H,3-12,14-15H2,1-2H3/t18-,19+,20+,22+,24-,25-,26-/m0/s1. The quantitative estimate of drug-likeness (QED) is 0.564. The van der Waals surface area contributed by atoms with Gasteiger partial charge in [-0.15, -0.1) is 0 Å². The van der Waals surface area contributed by atoms with Crippen LogP contribution < -0.4 is 0 Å². The number of Topliss-reactive ketones (excluding diaryl/α,β-unsaturated/α-hetero) is 1. The molecule has 5 rings (SSSR count). The molecule has 0 bridgehead atoms. The zero-order valence-corrected chi connectivity index (χ0v) is 21.9. The number of aliphatic hydroxyl groups excluding tert-OH is 1. The Bertz CT molecular complexity index is 917. The summed E-state index contributed by atoms with van der Waals surface area (Å²) < 4.78 is 6.07. The highest BCUT2D eigenvalue weighted by atomic mass is 32.2. The number of nitrogens with zero attached hydrogens (tertiary/aromatic N) is 1. The highest BCUT2D eigenvalue weighted by Gasteiger charge is 2.68. The molecular weight excluding hydrogens is 470 g/mol. The van der Waals surface area contributed by atoms with E-state index in [-0.39, 0.29) is 40.5 Å². The van der Waals surface area contributed by atoms with Crippen LogP contribution in [0.25, 0.3) is 0 Å². The molecule has 4 fully saturated rings. The van der Waals surface area contributed by atoms with Crippen LogP contribution in [0.5, 0.6) is 0 Å². The third-order valence-corrected chi connectivity index (χ3v) is 11.6. The number of hydrogen-bond donors (Lipinski definition) is 2. The highest BCUT2D eigenvalue weighted by molar-refractivity contribution is 8.23. The number of aliphatic hydroxyl groups is 2. The SMILES string of the molecule is C[C@]12CCC(=O)C=C1CC[C@@H]1[C@@H]2[C@H](O)C[C@@]2(C)[C@@H]1CC[C@]2(O)C(=O)CSC(=S)N1CCOCC1. The summed E-state index contributed by atoms with van der Waals surface area (Å²) in [6.45, 7) is 7.01. The summed E-state index contributed by atoms with van der Waals surface area (Å²) >= 11 is 6.89. The number of thioether (sulfide) groups is 1. The van der Waals surface area contributed by atoms with Gasteiger partial charge in [0, 0.05) is 24.9 Å². The van der Waals surface area contributed by atoms with E-state index in [0.29, 0.717) is 36.8 Å². The van der Waals surface area contributed by atoms with E-state index >= 15 is 0 Å². The number of allylic oxidation sites excluding steroid dienone is 1. The van der Waals surface area contributed by atoms with Gasteiger partial charge in [0.1, 0.15) is 9.92 Å². The zero-order chi connectivity index (χ0) is 24.3. The predicted octanol–water partition coefficient (Wildman–Crippen LogP) is 3.14. The summed E-state index contributed by atoms with van der Waals surface area (Å²) in [6, 6.07) is 0. The third-order valence-electron chi connectivity index (χ3n) is 10.1. The Morgan fingerprint density at radius 1 is 1.24 bits per heavy atom. The molecule has 8 heteroatoms. The van der Waals surface area contributed by atoms with Gasteiger partial charge in [-0.25, -0.2) is 0 Å². The van der Waals surface area contributed by atoms with Gasteiger partial charge in [0.25, 0.3) is 0 Å². The first kappa shape index (κ1) is 24.9. The molecule has 1 heterocycles. The smallest absolute Gasteiger partial charge is 0.175 e. The van der Waals surface area contributed by atoms with Gasteiger partial charge in [0.15, 0.2) is 11.6 Å². The molecule has 0 unspecified atom stereocenters. The number of hydrogen-bond acceptors (Lipinski definition) is 7. The summed E-state index contributed by atoms with van der Waals surface area (Å²) in [5, 5.41) is 23.4. The molecule has 34 heavy (non-hydrogen) atoms. The molecule has 5 aliphatic rings. The minimum atomic E-state index is -1.43. The topological polar surface area (TPSA) is 87.1 Å². The molecule has 7 atom stereocenters. The Labute approximate surface area is 211 Å². The van der Waals surface area contributed by atoms with Crippen molar-refractivity contribution in [2.45, 2.75) is 70.5 Å². The van der Waals surface area contributed by atoms with Crippen molar-refractivity contribution in [3.8, 4) is 0 Å². The van der Waals surface area contributed by atoms with E-state index in [1.165, 1.54) is 17.3 Å². The maximum Gasteiger partial charge on any atom is 0.175 e. The fourth-order valence-corrected chi connectivity index (χ4v) is 9.45. The fraction of sp³-hybridized carbons (Fsp3) is 0.808. The number of carbonyl (C=O) groups excluding carboxylic acids is 2. The molecule has 0 aromatic rings. The fourth-order valence-electron chi connectivity index (χ4n) is 8.23. The van der Waals surface area contributed by atoms with Crippen LogP contribution in [-0.4, -0.2) is 74.8 Å². The number of thiocarbonyl (C=S) groups is 1. The highest BCUT2D eigenvalue weighted by Crippen LogP contribution is 2.67. The molecule has 0 aromatic carbocycles. The molecule has 3 saturated carbocycles. The van der Waals surface area contributed by atoms with Crippen LogP contribution in [-0.2, 0) is 14.3 Å². The first-order valence-electron chi connectivity index (χ1n) is 12.8. The number of morpholine rings is 1. The van der Waals surface area contributed by atoms with Gasteiger partial charge in [0.05, 0.1) is 25.1 Å². The summed E-state index contributed by atoms with van der Waals surface area (Å²) in [4.78, 5) is 27.6. The molecule has 6 nitrogen and oxygen atoms in total. The van der Waals surface area contributed by atoms with Gasteiger partial charge in [-0.2, -0.15) is 0 Å². The second-order valence-corrected chi connectivity index (χ2v) is 13.2. The van der Waals surface area contributed by atoms with Crippen LogP contribution in [0.2, 0.25) is 0 Å². The van der Waals surface area contributed by atoms with E-state index in [1.807, 2.05) is 13.0 Å². The molecular formula is C26H37NO5S2. The van der Waals surface area contributed by atoms with Crippen molar-refractivity contribution in [1.82, 2.24) is 4.90 Å². The maximum absolute atomic E-state index is 13.5. The van der Waals surface area contributed by atoms with E-state index in [4.69, 9.17) is 17.0 Å². The lowest BCUT2D eigenvalue weighted by Gasteiger charge is -2.60. The molecule has 1 aliphatic heterocycles. The Morgan fingerprint density at radius 2 is 1.97 bits per heavy atom. The zero-order valence-electron chi connectivity index (χ0n) is 20.3. The maximum atomic E-state index is 13.5. The van der Waals surface area contributed by atoms with Crippen molar-refractivity contribution in [3.05, 3.63) is 11.6 Å². The number of ketones is 2. The van der Waals surface area contributed by atoms with Gasteiger partial charge in [-0.05, 0) is 67.8 Å². The van der Waals surface area contributed by atoms with Gasteiger partial charge in [-0.1, -0.05) is 43.4 Å². The van der Waals surface area contributed by atoms with Crippen molar-refractivity contribution in [1.29, 1.82) is 0 Å². The molecule has 4 aliphatic carbocycles. The average molecular weight is 508 g/mol. The van der Waals surface area contributed by atoms with Crippen LogP contribution in [0.4, 0.5) is 0 Å². The lowest BCUT2D eigenvalue weighted by Crippen LogP contribution is -2.62. The summed E-state index contributed by atoms with van der Waals surface area (Å²) in [5.41, 5.74) is -1.04. The van der Waals surface area contributed by atoms with Crippen molar-refractivity contribution < 1.29 is 24.5 Å². The molecule has 2 N–H and O–H groups in total. The third kappa shape index (κ3) is 3.74. The molecule has 0 radical (unpaired) electrons. The first-order chi connectivity index (χ1) is 16.1. The number of fused-ring (bicyclic) bond motifs is 5. The number of ether oxygens (including phenoxy) is 1. The summed E-state index contributed by atoms with van der Waals surface area (Å²) in [5.74, 6) is 0.741. The van der Waals surface area contributed by atoms with E-state index in [2.05, 4.69) is 11.8 Å². The van der Waals surface area contributed by atoms with Crippen molar-refractivity contribution in [2.75, 3.05) is 32.1 Å². The normalized spacial score (nSPS) is 44.1. The van der Waals surface area contributed by atoms with E-state index in [1.54, 1.807) is 0 Å². The molecule has 0 amide bonds. The van der Waals surface area contributed by atoms with E-state index in [0.717, 1.165) is 38.8 Å². The Kier molecular flexibility index (Phi) is 6.54. The lowest BCUT2D eigenvalue weighted by molar-refractivity contribution is -0.178. The molecule has 0 aromatic heterocycles.